The molecule has 16 heavy (non-hydrogen) atoms. The first kappa shape index (κ1) is 13.5. The Morgan fingerprint density at radius 1 is 1.31 bits per heavy atom. The van der Waals surface area contributed by atoms with Crippen LogP contribution in [0.5, 0.6) is 0 Å². The number of nitrogens with zero attached hydrogens (tertiary/aromatic N) is 1. The second-order valence-electron chi connectivity index (χ2n) is 5.01. The zero-order valence-electron chi connectivity index (χ0n) is 10.5. The van der Waals surface area contributed by atoms with Gasteiger partial charge in [-0.25, -0.2) is 0 Å². The third-order valence-electron chi connectivity index (χ3n) is 2.90. The van der Waals surface area contributed by atoms with E-state index in [9.17, 15) is 4.79 Å². The maximum atomic E-state index is 11.5. The molecule has 1 fully saturated rings. The third kappa shape index (κ3) is 5.47. The van der Waals surface area contributed by atoms with Gasteiger partial charge in [-0.3, -0.25) is 4.79 Å². The normalized spacial score (nSPS) is 21.4. The van der Waals surface area contributed by atoms with Gasteiger partial charge in [-0.15, -0.1) is 0 Å². The van der Waals surface area contributed by atoms with Gasteiger partial charge in [0.25, 0.3) is 0 Å². The highest BCUT2D eigenvalue weighted by molar-refractivity contribution is 5.76. The zero-order chi connectivity index (χ0) is 12.0. The first-order valence-electron chi connectivity index (χ1n) is 6.35. The highest BCUT2D eigenvalue weighted by Gasteiger charge is 2.15. The van der Waals surface area contributed by atoms with Gasteiger partial charge in [0.1, 0.15) is 0 Å². The number of nitrogens with one attached hydrogen (secondary N) is 1. The Morgan fingerprint density at radius 2 is 1.94 bits per heavy atom. The minimum absolute atomic E-state index is 0.0535. The van der Waals surface area contributed by atoms with Gasteiger partial charge in [-0.2, -0.15) is 0 Å². The van der Waals surface area contributed by atoms with Gasteiger partial charge >= 0.3 is 0 Å². The summed E-state index contributed by atoms with van der Waals surface area (Å²) in [5.41, 5.74) is 5.58. The molecule has 0 aromatic rings. The van der Waals surface area contributed by atoms with E-state index in [1.54, 1.807) is 0 Å². The number of nitrogens with two attached hydrogens (primary N) is 1. The number of amides is 1. The van der Waals surface area contributed by atoms with Crippen LogP contribution in [0.25, 0.3) is 0 Å². The van der Waals surface area contributed by atoms with Crippen molar-refractivity contribution >= 4 is 5.91 Å². The molecule has 0 saturated carbocycles. The van der Waals surface area contributed by atoms with E-state index in [2.05, 4.69) is 17.1 Å². The average Bonchev–Trinajstić information content (AvgIpc) is 2.17. The fourth-order valence-corrected chi connectivity index (χ4v) is 2.20. The predicted octanol–water partition coefficient (Wildman–Crippen LogP) is 0.714. The van der Waals surface area contributed by atoms with Crippen molar-refractivity contribution in [3.05, 3.63) is 0 Å². The predicted molar refractivity (Wildman–Crippen MR) is 66.2 cm³/mol. The van der Waals surface area contributed by atoms with E-state index in [-0.39, 0.29) is 18.0 Å². The van der Waals surface area contributed by atoms with Crippen LogP contribution >= 0.6 is 0 Å². The number of piperidine rings is 1. The third-order valence-corrected chi connectivity index (χ3v) is 2.90. The van der Waals surface area contributed by atoms with Crippen LogP contribution in [-0.4, -0.2) is 42.5 Å². The second-order valence-corrected chi connectivity index (χ2v) is 5.01. The van der Waals surface area contributed by atoms with Crippen molar-refractivity contribution in [1.82, 2.24) is 10.2 Å². The average molecular weight is 227 g/mol. The number of likely N-dealkylation sites (tertiary alicyclic amines) is 1. The van der Waals surface area contributed by atoms with E-state index in [0.29, 0.717) is 6.42 Å². The first-order chi connectivity index (χ1) is 7.58. The Balaban J connectivity index is 2.18. The van der Waals surface area contributed by atoms with Crippen LogP contribution < -0.4 is 11.1 Å². The van der Waals surface area contributed by atoms with Gasteiger partial charge in [0.05, 0.1) is 0 Å². The van der Waals surface area contributed by atoms with Gasteiger partial charge in [-0.05, 0) is 39.8 Å². The van der Waals surface area contributed by atoms with E-state index in [4.69, 9.17) is 5.73 Å². The molecule has 94 valence electrons. The molecule has 1 aliphatic heterocycles. The molecule has 0 spiro atoms. The first-order valence-corrected chi connectivity index (χ1v) is 6.35. The van der Waals surface area contributed by atoms with Crippen LogP contribution in [0.3, 0.4) is 0 Å². The number of rotatable bonds is 5. The van der Waals surface area contributed by atoms with E-state index in [0.717, 1.165) is 6.54 Å². The van der Waals surface area contributed by atoms with Crippen LogP contribution in [0.2, 0.25) is 0 Å². The van der Waals surface area contributed by atoms with E-state index >= 15 is 0 Å². The van der Waals surface area contributed by atoms with Crippen molar-refractivity contribution < 1.29 is 4.79 Å². The lowest BCUT2D eigenvalue weighted by atomic mass is 10.1. The Hall–Kier alpha value is -0.610. The molecule has 1 heterocycles. The standard InChI is InChI=1S/C12H25N3O/c1-10(13)8-12(16)14-11(2)9-15-6-4-3-5-7-15/h10-11H,3-9,13H2,1-2H3,(H,14,16). The summed E-state index contributed by atoms with van der Waals surface area (Å²) in [6, 6.07) is 0.173. The molecule has 2 unspecified atom stereocenters. The van der Waals surface area contributed by atoms with Gasteiger partial charge in [0.2, 0.25) is 5.91 Å². The van der Waals surface area contributed by atoms with Crippen LogP contribution in [0, 0.1) is 0 Å². The van der Waals surface area contributed by atoms with Crippen molar-refractivity contribution in [2.45, 2.75) is 51.6 Å². The largest absolute Gasteiger partial charge is 0.352 e. The molecular formula is C12H25N3O. The number of carbonyl (C=O) groups excluding carboxylic acids is 1. The molecule has 1 rings (SSSR count). The monoisotopic (exact) mass is 227 g/mol. The van der Waals surface area contributed by atoms with E-state index in [1.807, 2.05) is 6.92 Å². The Labute approximate surface area is 98.6 Å². The molecule has 0 aromatic heterocycles. The number of hydrogen-bond acceptors (Lipinski definition) is 3. The maximum absolute atomic E-state index is 11.5. The summed E-state index contributed by atoms with van der Waals surface area (Å²) in [4.78, 5) is 13.9. The number of carbonyl (C=O) groups is 1. The molecule has 1 amide bonds. The fraction of sp³-hybridized carbons (Fsp3) is 0.917. The minimum Gasteiger partial charge on any atom is -0.352 e. The summed E-state index contributed by atoms with van der Waals surface area (Å²) in [5.74, 6) is 0.0690. The van der Waals surface area contributed by atoms with E-state index in [1.165, 1.54) is 32.4 Å². The van der Waals surface area contributed by atoms with Crippen molar-refractivity contribution in [1.29, 1.82) is 0 Å². The summed E-state index contributed by atoms with van der Waals surface area (Å²) < 4.78 is 0. The van der Waals surface area contributed by atoms with Crippen molar-refractivity contribution in [2.24, 2.45) is 5.73 Å². The topological polar surface area (TPSA) is 58.4 Å². The SMILES string of the molecule is CC(N)CC(=O)NC(C)CN1CCCCC1. The van der Waals surface area contributed by atoms with Crippen molar-refractivity contribution in [3.63, 3.8) is 0 Å². The molecule has 1 aliphatic rings. The smallest absolute Gasteiger partial charge is 0.221 e. The van der Waals surface area contributed by atoms with Crippen molar-refractivity contribution in [3.8, 4) is 0 Å². The van der Waals surface area contributed by atoms with Gasteiger partial charge in [0, 0.05) is 25.0 Å². The molecule has 4 nitrogen and oxygen atoms in total. The van der Waals surface area contributed by atoms with Crippen LogP contribution in [0.1, 0.15) is 39.5 Å². The van der Waals surface area contributed by atoms with Crippen LogP contribution in [0.15, 0.2) is 0 Å². The lowest BCUT2D eigenvalue weighted by Crippen LogP contribution is -2.44. The quantitative estimate of drug-likeness (QED) is 0.727. The van der Waals surface area contributed by atoms with Gasteiger partial charge < -0.3 is 16.0 Å². The summed E-state index contributed by atoms with van der Waals surface area (Å²) in [6.07, 6.45) is 4.35. The minimum atomic E-state index is -0.0535. The lowest BCUT2D eigenvalue weighted by molar-refractivity contribution is -0.122. The summed E-state index contributed by atoms with van der Waals surface area (Å²) in [5, 5.41) is 3.00. The molecule has 2 atom stereocenters. The van der Waals surface area contributed by atoms with Crippen LogP contribution in [0.4, 0.5) is 0 Å². The van der Waals surface area contributed by atoms with Gasteiger partial charge in [0.15, 0.2) is 0 Å². The molecule has 0 aliphatic carbocycles. The van der Waals surface area contributed by atoms with Crippen LogP contribution in [-0.2, 0) is 4.79 Å². The second kappa shape index (κ2) is 6.86. The Bertz CT molecular complexity index is 212. The molecule has 3 N–H and O–H groups in total. The highest BCUT2D eigenvalue weighted by Crippen LogP contribution is 2.08. The number of hydrogen-bond donors (Lipinski definition) is 2. The zero-order valence-corrected chi connectivity index (χ0v) is 10.5. The van der Waals surface area contributed by atoms with Crippen molar-refractivity contribution in [2.75, 3.05) is 19.6 Å². The molecule has 1 saturated heterocycles. The van der Waals surface area contributed by atoms with Gasteiger partial charge in [-0.1, -0.05) is 6.42 Å². The molecule has 0 aromatic carbocycles. The summed E-state index contributed by atoms with van der Waals surface area (Å²) in [7, 11) is 0. The molecule has 0 radical (unpaired) electrons. The molecular weight excluding hydrogens is 202 g/mol. The summed E-state index contributed by atoms with van der Waals surface area (Å²) >= 11 is 0. The lowest BCUT2D eigenvalue weighted by Gasteiger charge is -2.29. The maximum Gasteiger partial charge on any atom is 0.221 e. The molecule has 4 heteroatoms. The fourth-order valence-electron chi connectivity index (χ4n) is 2.20. The Kier molecular flexibility index (Phi) is 5.77. The summed E-state index contributed by atoms with van der Waals surface area (Å²) in [6.45, 7) is 7.23. The Morgan fingerprint density at radius 3 is 2.50 bits per heavy atom. The molecule has 0 bridgehead atoms. The van der Waals surface area contributed by atoms with E-state index < -0.39 is 0 Å². The highest BCUT2D eigenvalue weighted by atomic mass is 16.1.